The Labute approximate surface area is 140 Å². The molecule has 1 aromatic carbocycles. The summed E-state index contributed by atoms with van der Waals surface area (Å²) in [4.78, 5) is 15.4. The summed E-state index contributed by atoms with van der Waals surface area (Å²) < 4.78 is 4.80. The summed E-state index contributed by atoms with van der Waals surface area (Å²) in [6.45, 7) is 2.57. The highest BCUT2D eigenvalue weighted by atomic mass is 35.5. The van der Waals surface area contributed by atoms with E-state index in [0.29, 0.717) is 17.9 Å². The zero-order chi connectivity index (χ0) is 15.9. The molecular weight excluding hydrogens is 318 g/mol. The molecule has 0 aliphatic heterocycles. The Hall–Kier alpha value is -2.67. The van der Waals surface area contributed by atoms with Crippen LogP contribution >= 0.6 is 12.4 Å². The highest BCUT2D eigenvalue weighted by Crippen LogP contribution is 2.27. The third-order valence-electron chi connectivity index (χ3n) is 2.92. The van der Waals surface area contributed by atoms with Gasteiger partial charge < -0.3 is 21.5 Å². The number of pyridine rings is 1. The lowest BCUT2D eigenvalue weighted by molar-refractivity contribution is 0.168. The van der Waals surface area contributed by atoms with Crippen LogP contribution in [0.5, 0.6) is 0 Å². The molecule has 0 spiro atoms. The molecule has 1 amide bonds. The quantitative estimate of drug-likeness (QED) is 0.666. The van der Waals surface area contributed by atoms with E-state index in [-0.39, 0.29) is 30.6 Å². The molecule has 2 rings (SSSR count). The zero-order valence-corrected chi connectivity index (χ0v) is 13.5. The third kappa shape index (κ3) is 5.23. The Kier molecular flexibility index (Phi) is 6.95. The van der Waals surface area contributed by atoms with Crippen LogP contribution in [0.3, 0.4) is 0 Å². The minimum absolute atomic E-state index is 0. The normalized spacial score (nSPS) is 9.61. The Morgan fingerprint density at radius 1 is 1.26 bits per heavy atom. The number of amides is 1. The number of nitrogens with one attached hydrogen (secondary N) is 2. The average Bonchev–Trinajstić information content (AvgIpc) is 2.50. The minimum Gasteiger partial charge on any atom is -0.450 e. The van der Waals surface area contributed by atoms with Crippen LogP contribution in [0.4, 0.5) is 27.8 Å². The van der Waals surface area contributed by atoms with Crippen molar-refractivity contribution in [2.24, 2.45) is 0 Å². The second kappa shape index (κ2) is 8.70. The maximum absolute atomic E-state index is 11.4. The first-order chi connectivity index (χ1) is 10.6. The number of nitrogen functional groups attached to an aromatic ring is 2. The van der Waals surface area contributed by atoms with E-state index < -0.39 is 6.09 Å². The van der Waals surface area contributed by atoms with Gasteiger partial charge in [-0.3, -0.25) is 5.32 Å². The number of carbonyl (C=O) groups is 1. The van der Waals surface area contributed by atoms with Crippen LogP contribution in [-0.4, -0.2) is 17.7 Å². The van der Waals surface area contributed by atoms with Crippen LogP contribution in [0.1, 0.15) is 12.5 Å². The lowest BCUT2D eigenvalue weighted by Gasteiger charge is -2.13. The number of carbonyl (C=O) groups excluding carboxylic acids is 1. The number of hydrogen-bond donors (Lipinski definition) is 4. The van der Waals surface area contributed by atoms with Gasteiger partial charge in [0.25, 0.3) is 0 Å². The van der Waals surface area contributed by atoms with E-state index in [1.165, 1.54) is 0 Å². The average molecular weight is 338 g/mol. The van der Waals surface area contributed by atoms with Gasteiger partial charge in [0.15, 0.2) is 5.82 Å². The van der Waals surface area contributed by atoms with Gasteiger partial charge in [-0.25, -0.2) is 9.78 Å². The highest BCUT2D eigenvalue weighted by molar-refractivity contribution is 5.87. The Morgan fingerprint density at radius 2 is 1.96 bits per heavy atom. The fraction of sp³-hybridized carbons (Fsp3) is 0.200. The molecule has 0 saturated heterocycles. The molecule has 0 radical (unpaired) electrons. The topological polar surface area (TPSA) is 115 Å². The van der Waals surface area contributed by atoms with Crippen molar-refractivity contribution >= 4 is 41.5 Å². The fourth-order valence-electron chi connectivity index (χ4n) is 1.85. The SMILES string of the molecule is CCOC(=O)Nc1cc(NCc2ccccc2)c(N)c(N)n1.Cl. The smallest absolute Gasteiger partial charge is 0.412 e. The summed E-state index contributed by atoms with van der Waals surface area (Å²) in [6.07, 6.45) is -0.590. The third-order valence-corrected chi connectivity index (χ3v) is 2.92. The van der Waals surface area contributed by atoms with Crippen molar-refractivity contribution in [3.63, 3.8) is 0 Å². The fourth-order valence-corrected chi connectivity index (χ4v) is 1.85. The van der Waals surface area contributed by atoms with Gasteiger partial charge in [-0.05, 0) is 12.5 Å². The largest absolute Gasteiger partial charge is 0.450 e. The van der Waals surface area contributed by atoms with Crippen molar-refractivity contribution in [2.45, 2.75) is 13.5 Å². The van der Waals surface area contributed by atoms with Crippen LogP contribution in [0.15, 0.2) is 36.4 Å². The zero-order valence-electron chi connectivity index (χ0n) is 12.7. The van der Waals surface area contributed by atoms with Gasteiger partial charge in [0.05, 0.1) is 18.0 Å². The molecule has 0 fully saturated rings. The van der Waals surface area contributed by atoms with Crippen molar-refractivity contribution in [1.82, 2.24) is 4.98 Å². The molecule has 0 aliphatic carbocycles. The van der Waals surface area contributed by atoms with Crippen molar-refractivity contribution in [2.75, 3.05) is 28.7 Å². The van der Waals surface area contributed by atoms with E-state index in [9.17, 15) is 4.79 Å². The number of rotatable bonds is 5. The van der Waals surface area contributed by atoms with Gasteiger partial charge in [-0.2, -0.15) is 0 Å². The van der Waals surface area contributed by atoms with Crippen molar-refractivity contribution in [3.05, 3.63) is 42.0 Å². The Balaban J connectivity index is 0.00000264. The van der Waals surface area contributed by atoms with Gasteiger partial charge >= 0.3 is 6.09 Å². The molecule has 8 heteroatoms. The Bertz CT molecular complexity index is 652. The first-order valence-electron chi connectivity index (χ1n) is 6.87. The van der Waals surface area contributed by atoms with Crippen molar-refractivity contribution in [3.8, 4) is 0 Å². The van der Waals surface area contributed by atoms with Gasteiger partial charge in [-0.15, -0.1) is 12.4 Å². The summed E-state index contributed by atoms with van der Waals surface area (Å²) in [7, 11) is 0. The summed E-state index contributed by atoms with van der Waals surface area (Å²) >= 11 is 0. The number of hydrogen-bond acceptors (Lipinski definition) is 6. The van der Waals surface area contributed by atoms with Crippen LogP contribution in [-0.2, 0) is 11.3 Å². The predicted octanol–water partition coefficient (Wildman–Crippen LogP) is 2.85. The summed E-state index contributed by atoms with van der Waals surface area (Å²) in [5.74, 6) is 0.422. The van der Waals surface area contributed by atoms with Crippen LogP contribution < -0.4 is 22.1 Å². The number of nitrogens with two attached hydrogens (primary N) is 2. The van der Waals surface area contributed by atoms with Gasteiger partial charge in [0.1, 0.15) is 5.82 Å². The van der Waals surface area contributed by atoms with Gasteiger partial charge in [-0.1, -0.05) is 30.3 Å². The highest BCUT2D eigenvalue weighted by Gasteiger charge is 2.10. The second-order valence-electron chi connectivity index (χ2n) is 4.54. The standard InChI is InChI=1S/C15H19N5O2.ClH/c1-2-22-15(21)20-12-8-11(13(16)14(17)19-12)18-9-10-6-4-3-5-7-10;/h3-8H,2,9,16H2,1H3,(H4,17,18,19,20,21);1H. The monoisotopic (exact) mass is 337 g/mol. The second-order valence-corrected chi connectivity index (χ2v) is 4.54. The van der Waals surface area contributed by atoms with E-state index in [4.69, 9.17) is 16.2 Å². The lowest BCUT2D eigenvalue weighted by atomic mass is 10.2. The maximum atomic E-state index is 11.4. The number of anilines is 4. The number of nitrogens with zero attached hydrogens (tertiary/aromatic N) is 1. The molecule has 0 unspecified atom stereocenters. The maximum Gasteiger partial charge on any atom is 0.412 e. The summed E-state index contributed by atoms with van der Waals surface area (Å²) in [6, 6.07) is 11.5. The molecule has 2 aromatic rings. The first kappa shape index (κ1) is 18.4. The van der Waals surface area contributed by atoms with Crippen LogP contribution in [0.2, 0.25) is 0 Å². The first-order valence-corrected chi connectivity index (χ1v) is 6.87. The molecule has 0 saturated carbocycles. The number of ether oxygens (including phenoxy) is 1. The van der Waals surface area contributed by atoms with E-state index in [1.54, 1.807) is 13.0 Å². The summed E-state index contributed by atoms with van der Waals surface area (Å²) in [5.41, 5.74) is 13.7. The van der Waals surface area contributed by atoms with Gasteiger partial charge in [0, 0.05) is 12.6 Å². The van der Waals surface area contributed by atoms with Crippen LogP contribution in [0.25, 0.3) is 0 Å². The van der Waals surface area contributed by atoms with E-state index >= 15 is 0 Å². The molecule has 7 nitrogen and oxygen atoms in total. The van der Waals surface area contributed by atoms with E-state index in [2.05, 4.69) is 15.6 Å². The molecule has 0 atom stereocenters. The molecular formula is C15H20ClN5O2. The lowest BCUT2D eigenvalue weighted by Crippen LogP contribution is -2.16. The molecule has 124 valence electrons. The molecule has 23 heavy (non-hydrogen) atoms. The molecule has 1 heterocycles. The minimum atomic E-state index is -0.590. The number of aromatic nitrogens is 1. The summed E-state index contributed by atoms with van der Waals surface area (Å²) in [5, 5.41) is 5.68. The van der Waals surface area contributed by atoms with Gasteiger partial charge in [0.2, 0.25) is 0 Å². The molecule has 0 aliphatic rings. The Morgan fingerprint density at radius 3 is 2.61 bits per heavy atom. The predicted molar refractivity (Wildman–Crippen MR) is 94.7 cm³/mol. The van der Waals surface area contributed by atoms with E-state index in [1.807, 2.05) is 30.3 Å². The number of halogens is 1. The molecule has 0 bridgehead atoms. The van der Waals surface area contributed by atoms with E-state index in [0.717, 1.165) is 5.56 Å². The van der Waals surface area contributed by atoms with Crippen molar-refractivity contribution in [1.29, 1.82) is 0 Å². The van der Waals surface area contributed by atoms with Crippen LogP contribution in [0, 0.1) is 0 Å². The number of benzene rings is 1. The molecule has 6 N–H and O–H groups in total. The van der Waals surface area contributed by atoms with Crippen molar-refractivity contribution < 1.29 is 9.53 Å². The molecule has 1 aromatic heterocycles.